The van der Waals surface area contributed by atoms with Crippen LogP contribution in [0.5, 0.6) is 0 Å². The van der Waals surface area contributed by atoms with Crippen LogP contribution in [-0.4, -0.2) is 4.98 Å². The smallest absolute Gasteiger partial charge is 0.181 e. The van der Waals surface area contributed by atoms with Gasteiger partial charge in [0.15, 0.2) is 6.39 Å². The van der Waals surface area contributed by atoms with Crippen molar-refractivity contribution in [1.82, 2.24) is 4.98 Å². The summed E-state index contributed by atoms with van der Waals surface area (Å²) in [5.41, 5.74) is 1.04. The maximum absolute atomic E-state index is 5.33. The third-order valence-electron chi connectivity index (χ3n) is 1.97. The molecule has 12 heavy (non-hydrogen) atoms. The molecule has 0 aliphatic carbocycles. The molecule has 0 aliphatic rings. The van der Waals surface area contributed by atoms with Gasteiger partial charge in [-0.15, -0.1) is 0 Å². The zero-order valence-corrected chi connectivity index (χ0v) is 9.10. The van der Waals surface area contributed by atoms with Crippen LogP contribution in [0.4, 0.5) is 0 Å². The standard InChI is InChI=1S/C9H14BrNO/c1-3-4-7(2)9-8(5-10)11-6-12-9/h6-7H,3-5H2,1-2H3. The number of halogens is 1. The van der Waals surface area contributed by atoms with Crippen LogP contribution in [0, 0.1) is 0 Å². The molecule has 0 saturated heterocycles. The summed E-state index contributed by atoms with van der Waals surface area (Å²) in [6.45, 7) is 4.36. The topological polar surface area (TPSA) is 26.0 Å². The van der Waals surface area contributed by atoms with Gasteiger partial charge in [-0.1, -0.05) is 36.2 Å². The van der Waals surface area contributed by atoms with Crippen LogP contribution in [0.2, 0.25) is 0 Å². The third kappa shape index (κ3) is 2.09. The number of alkyl halides is 1. The first-order valence-corrected chi connectivity index (χ1v) is 5.40. The molecule has 0 bridgehead atoms. The van der Waals surface area contributed by atoms with E-state index in [4.69, 9.17) is 4.42 Å². The summed E-state index contributed by atoms with van der Waals surface area (Å²) in [5, 5.41) is 0.785. The Labute approximate surface area is 81.5 Å². The highest BCUT2D eigenvalue weighted by atomic mass is 79.9. The molecule has 68 valence electrons. The third-order valence-corrected chi connectivity index (χ3v) is 2.50. The van der Waals surface area contributed by atoms with Crippen molar-refractivity contribution in [2.75, 3.05) is 0 Å². The quantitative estimate of drug-likeness (QED) is 0.743. The second-order valence-electron chi connectivity index (χ2n) is 2.99. The van der Waals surface area contributed by atoms with E-state index in [1.165, 1.54) is 12.8 Å². The monoisotopic (exact) mass is 231 g/mol. The first-order chi connectivity index (χ1) is 5.79. The zero-order chi connectivity index (χ0) is 8.97. The van der Waals surface area contributed by atoms with E-state index in [0.29, 0.717) is 5.92 Å². The van der Waals surface area contributed by atoms with E-state index in [1.807, 2.05) is 0 Å². The lowest BCUT2D eigenvalue weighted by molar-refractivity contribution is 0.454. The number of aromatic nitrogens is 1. The summed E-state index contributed by atoms with van der Waals surface area (Å²) >= 11 is 3.38. The predicted octanol–water partition coefficient (Wildman–Crippen LogP) is 3.47. The fourth-order valence-electron chi connectivity index (χ4n) is 1.34. The van der Waals surface area contributed by atoms with E-state index in [2.05, 4.69) is 34.8 Å². The summed E-state index contributed by atoms with van der Waals surface area (Å²) in [6, 6.07) is 0. The minimum Gasteiger partial charge on any atom is -0.448 e. The molecule has 1 unspecified atom stereocenters. The van der Waals surface area contributed by atoms with E-state index >= 15 is 0 Å². The van der Waals surface area contributed by atoms with Crippen molar-refractivity contribution < 1.29 is 4.42 Å². The van der Waals surface area contributed by atoms with Crippen molar-refractivity contribution in [2.24, 2.45) is 0 Å². The Morgan fingerprint density at radius 1 is 1.67 bits per heavy atom. The fourth-order valence-corrected chi connectivity index (χ4v) is 1.76. The minimum absolute atomic E-state index is 0.491. The largest absolute Gasteiger partial charge is 0.448 e. The molecular formula is C9H14BrNO. The molecule has 1 atom stereocenters. The van der Waals surface area contributed by atoms with Gasteiger partial charge in [0, 0.05) is 11.2 Å². The lowest BCUT2D eigenvalue weighted by Gasteiger charge is -2.06. The molecule has 1 rings (SSSR count). The molecular weight excluding hydrogens is 218 g/mol. The molecule has 0 aromatic carbocycles. The lowest BCUT2D eigenvalue weighted by atomic mass is 10.0. The Bertz CT molecular complexity index is 234. The van der Waals surface area contributed by atoms with Gasteiger partial charge in [0.25, 0.3) is 0 Å². The van der Waals surface area contributed by atoms with Crippen LogP contribution >= 0.6 is 15.9 Å². The maximum Gasteiger partial charge on any atom is 0.181 e. The maximum atomic E-state index is 5.33. The van der Waals surface area contributed by atoms with Crippen LogP contribution in [0.1, 0.15) is 44.1 Å². The highest BCUT2D eigenvalue weighted by molar-refractivity contribution is 9.08. The Hall–Kier alpha value is -0.310. The number of nitrogens with zero attached hydrogens (tertiary/aromatic N) is 1. The summed E-state index contributed by atoms with van der Waals surface area (Å²) in [4.78, 5) is 4.12. The molecule has 1 aromatic rings. The van der Waals surface area contributed by atoms with Crippen molar-refractivity contribution in [3.63, 3.8) is 0 Å². The van der Waals surface area contributed by atoms with Crippen LogP contribution in [-0.2, 0) is 5.33 Å². The first-order valence-electron chi connectivity index (χ1n) is 4.27. The lowest BCUT2D eigenvalue weighted by Crippen LogP contribution is -1.94. The normalized spacial score (nSPS) is 13.2. The van der Waals surface area contributed by atoms with Gasteiger partial charge in [-0.3, -0.25) is 0 Å². The van der Waals surface area contributed by atoms with Gasteiger partial charge in [0.2, 0.25) is 0 Å². The Kier molecular flexibility index (Phi) is 3.79. The highest BCUT2D eigenvalue weighted by Gasteiger charge is 2.13. The van der Waals surface area contributed by atoms with Crippen LogP contribution < -0.4 is 0 Å². The molecule has 3 heteroatoms. The number of oxazole rings is 1. The Balaban J connectivity index is 2.71. The van der Waals surface area contributed by atoms with E-state index < -0.39 is 0 Å². The Morgan fingerprint density at radius 3 is 3.00 bits per heavy atom. The van der Waals surface area contributed by atoms with Crippen molar-refractivity contribution in [3.05, 3.63) is 17.8 Å². The molecule has 0 radical (unpaired) electrons. The zero-order valence-electron chi connectivity index (χ0n) is 7.51. The van der Waals surface area contributed by atoms with Crippen molar-refractivity contribution in [3.8, 4) is 0 Å². The van der Waals surface area contributed by atoms with Gasteiger partial charge in [-0.2, -0.15) is 0 Å². The molecule has 1 heterocycles. The van der Waals surface area contributed by atoms with Crippen LogP contribution in [0.3, 0.4) is 0 Å². The summed E-state index contributed by atoms with van der Waals surface area (Å²) in [7, 11) is 0. The summed E-state index contributed by atoms with van der Waals surface area (Å²) < 4.78 is 5.33. The van der Waals surface area contributed by atoms with Gasteiger partial charge in [-0.05, 0) is 6.42 Å². The van der Waals surface area contributed by atoms with E-state index in [9.17, 15) is 0 Å². The SMILES string of the molecule is CCCC(C)c1ocnc1CBr. The van der Waals surface area contributed by atoms with E-state index in [0.717, 1.165) is 23.2 Å². The molecule has 0 N–H and O–H groups in total. The van der Waals surface area contributed by atoms with Crippen LogP contribution in [0.25, 0.3) is 0 Å². The van der Waals surface area contributed by atoms with Gasteiger partial charge >= 0.3 is 0 Å². The van der Waals surface area contributed by atoms with Gasteiger partial charge in [0.05, 0.1) is 5.69 Å². The second kappa shape index (κ2) is 4.65. The Morgan fingerprint density at radius 2 is 2.42 bits per heavy atom. The van der Waals surface area contributed by atoms with Crippen LogP contribution in [0.15, 0.2) is 10.8 Å². The molecule has 2 nitrogen and oxygen atoms in total. The molecule has 1 aromatic heterocycles. The fraction of sp³-hybridized carbons (Fsp3) is 0.667. The predicted molar refractivity (Wildman–Crippen MR) is 52.5 cm³/mol. The first kappa shape index (κ1) is 9.78. The van der Waals surface area contributed by atoms with Crippen molar-refractivity contribution in [2.45, 2.75) is 37.9 Å². The van der Waals surface area contributed by atoms with E-state index in [-0.39, 0.29) is 0 Å². The second-order valence-corrected chi connectivity index (χ2v) is 3.55. The molecule has 0 amide bonds. The van der Waals surface area contributed by atoms with E-state index in [1.54, 1.807) is 0 Å². The average molecular weight is 232 g/mol. The molecule has 0 fully saturated rings. The van der Waals surface area contributed by atoms with Gasteiger partial charge in [0.1, 0.15) is 5.76 Å². The molecule has 0 saturated carbocycles. The summed E-state index contributed by atoms with van der Waals surface area (Å²) in [5.74, 6) is 1.53. The van der Waals surface area contributed by atoms with Gasteiger partial charge < -0.3 is 4.42 Å². The van der Waals surface area contributed by atoms with Crippen molar-refractivity contribution in [1.29, 1.82) is 0 Å². The number of rotatable bonds is 4. The number of hydrogen-bond donors (Lipinski definition) is 0. The summed E-state index contributed by atoms with van der Waals surface area (Å²) in [6.07, 6.45) is 3.87. The number of hydrogen-bond acceptors (Lipinski definition) is 2. The van der Waals surface area contributed by atoms with Crippen molar-refractivity contribution >= 4 is 15.9 Å². The minimum atomic E-state index is 0.491. The molecule has 0 aliphatic heterocycles. The average Bonchev–Trinajstić information content (AvgIpc) is 2.51. The molecule has 0 spiro atoms. The van der Waals surface area contributed by atoms with Gasteiger partial charge in [-0.25, -0.2) is 4.98 Å². The highest BCUT2D eigenvalue weighted by Crippen LogP contribution is 2.24.